The Hall–Kier alpha value is -2.23. The molecule has 170 valence electrons. The molecule has 3 rings (SSSR count). The Bertz CT molecular complexity index is 1030. The van der Waals surface area contributed by atoms with E-state index >= 15 is 0 Å². The highest BCUT2D eigenvalue weighted by Gasteiger charge is 2.35. The molecule has 2 aromatic rings. The van der Waals surface area contributed by atoms with Gasteiger partial charge in [-0.05, 0) is 31.0 Å². The third-order valence-corrected chi connectivity index (χ3v) is 7.73. The fourth-order valence-corrected chi connectivity index (χ4v) is 5.55. The number of nitrogens with two attached hydrogens (primary N) is 1. The summed E-state index contributed by atoms with van der Waals surface area (Å²) in [6.07, 6.45) is 1.62. The van der Waals surface area contributed by atoms with Gasteiger partial charge >= 0.3 is 0 Å². The molecule has 0 unspecified atom stereocenters. The Morgan fingerprint density at radius 3 is 2.48 bits per heavy atom. The fraction of sp³-hybridized carbons (Fsp3) is 0.545. The van der Waals surface area contributed by atoms with Crippen LogP contribution in [0.2, 0.25) is 0 Å². The van der Waals surface area contributed by atoms with Gasteiger partial charge in [0.2, 0.25) is 15.9 Å². The van der Waals surface area contributed by atoms with Crippen LogP contribution >= 0.6 is 0 Å². The molecule has 1 aliphatic heterocycles. The number of carbonyl (C=O) groups excluding carboxylic acids is 1. The minimum Gasteiger partial charge on any atom is -0.369 e. The Kier molecular flexibility index (Phi) is 6.88. The third-order valence-electron chi connectivity index (χ3n) is 5.82. The lowest BCUT2D eigenvalue weighted by Gasteiger charge is -2.19. The number of benzene rings is 1. The Morgan fingerprint density at radius 2 is 1.90 bits per heavy atom. The van der Waals surface area contributed by atoms with Crippen LogP contribution in [0.1, 0.15) is 36.6 Å². The van der Waals surface area contributed by atoms with Gasteiger partial charge in [0.05, 0.1) is 11.6 Å². The number of sulfonamides is 1. The second-order valence-corrected chi connectivity index (χ2v) is 11.0. The highest BCUT2D eigenvalue weighted by Crippen LogP contribution is 2.32. The summed E-state index contributed by atoms with van der Waals surface area (Å²) >= 11 is 0. The van der Waals surface area contributed by atoms with Crippen LogP contribution in [-0.2, 0) is 27.9 Å². The van der Waals surface area contributed by atoms with Crippen molar-refractivity contribution < 1.29 is 13.2 Å². The first-order valence-electron chi connectivity index (χ1n) is 10.6. The molecule has 0 spiro atoms. The number of aryl methyl sites for hydroxylation is 1. The molecule has 1 aromatic carbocycles. The SMILES string of the molecule is Cc1nn(CC(C)C)cc1S(=O)(=O)N(C)Cc1ccc([C@H]2CN(C)C[C@@H]2C(N)=O)cc1. The summed E-state index contributed by atoms with van der Waals surface area (Å²) < 4.78 is 29.3. The van der Waals surface area contributed by atoms with Crippen LogP contribution < -0.4 is 5.73 Å². The zero-order chi connectivity index (χ0) is 22.9. The summed E-state index contributed by atoms with van der Waals surface area (Å²) in [6.45, 7) is 8.21. The van der Waals surface area contributed by atoms with Gasteiger partial charge in [-0.1, -0.05) is 38.1 Å². The van der Waals surface area contributed by atoms with E-state index in [1.807, 2.05) is 31.3 Å². The van der Waals surface area contributed by atoms with E-state index in [0.717, 1.165) is 17.7 Å². The Morgan fingerprint density at radius 1 is 1.26 bits per heavy atom. The highest BCUT2D eigenvalue weighted by atomic mass is 32.2. The number of likely N-dealkylation sites (tertiary alicyclic amines) is 1. The van der Waals surface area contributed by atoms with E-state index in [1.54, 1.807) is 24.9 Å². The van der Waals surface area contributed by atoms with Crippen molar-refractivity contribution in [3.63, 3.8) is 0 Å². The van der Waals surface area contributed by atoms with Gasteiger partial charge in [-0.15, -0.1) is 0 Å². The number of likely N-dealkylation sites (N-methyl/N-ethyl adjacent to an activating group) is 1. The van der Waals surface area contributed by atoms with E-state index in [9.17, 15) is 13.2 Å². The lowest BCUT2D eigenvalue weighted by molar-refractivity contribution is -0.121. The summed E-state index contributed by atoms with van der Waals surface area (Å²) in [7, 11) is -0.0913. The van der Waals surface area contributed by atoms with E-state index in [-0.39, 0.29) is 29.2 Å². The largest absolute Gasteiger partial charge is 0.369 e. The molecule has 2 N–H and O–H groups in total. The number of hydrogen-bond donors (Lipinski definition) is 1. The van der Waals surface area contributed by atoms with E-state index in [1.165, 1.54) is 4.31 Å². The first kappa shape index (κ1) is 23.4. The van der Waals surface area contributed by atoms with E-state index in [0.29, 0.717) is 24.7 Å². The van der Waals surface area contributed by atoms with Gasteiger partial charge in [0, 0.05) is 45.3 Å². The molecule has 0 bridgehead atoms. The van der Waals surface area contributed by atoms with Crippen molar-refractivity contribution in [3.8, 4) is 0 Å². The third kappa shape index (κ3) is 5.16. The molecule has 9 heteroatoms. The van der Waals surface area contributed by atoms with Crippen molar-refractivity contribution in [1.29, 1.82) is 0 Å². The number of hydrogen-bond acceptors (Lipinski definition) is 5. The lowest BCUT2D eigenvalue weighted by Crippen LogP contribution is -2.28. The van der Waals surface area contributed by atoms with Crippen LogP contribution in [0.5, 0.6) is 0 Å². The summed E-state index contributed by atoms with van der Waals surface area (Å²) in [4.78, 5) is 14.1. The lowest BCUT2D eigenvalue weighted by atomic mass is 9.88. The van der Waals surface area contributed by atoms with E-state index in [4.69, 9.17) is 5.73 Å². The maximum Gasteiger partial charge on any atom is 0.246 e. The maximum absolute atomic E-state index is 13.1. The average molecular weight is 448 g/mol. The maximum atomic E-state index is 13.1. The number of carbonyl (C=O) groups is 1. The standard InChI is InChI=1S/C22H33N5O3S/c1-15(2)10-27-14-21(16(3)24-27)31(29,30)26(5)11-17-6-8-18(9-7-17)19-12-25(4)13-20(19)22(23)28/h6-9,14-15,19-20H,10-13H2,1-5H3,(H2,23,28)/t19-,20+/m1/s1. The molecule has 0 saturated carbocycles. The normalized spacial score (nSPS) is 20.1. The van der Waals surface area contributed by atoms with Crippen molar-refractivity contribution in [3.05, 3.63) is 47.3 Å². The first-order valence-corrected chi connectivity index (χ1v) is 12.0. The number of primary amides is 1. The summed E-state index contributed by atoms with van der Waals surface area (Å²) in [5, 5.41) is 4.36. The van der Waals surface area contributed by atoms with Crippen LogP contribution in [0.15, 0.2) is 35.4 Å². The van der Waals surface area contributed by atoms with Gasteiger partial charge in [0.25, 0.3) is 0 Å². The number of aromatic nitrogens is 2. The van der Waals surface area contributed by atoms with Crippen LogP contribution in [-0.4, -0.2) is 60.5 Å². The minimum atomic E-state index is -3.65. The average Bonchev–Trinajstić information content (AvgIpc) is 3.24. The summed E-state index contributed by atoms with van der Waals surface area (Å²) in [5.41, 5.74) is 8.01. The smallest absolute Gasteiger partial charge is 0.246 e. The first-order chi connectivity index (χ1) is 14.5. The van der Waals surface area contributed by atoms with Crippen molar-refractivity contribution in [2.24, 2.45) is 17.6 Å². The van der Waals surface area contributed by atoms with Gasteiger partial charge in [-0.2, -0.15) is 9.40 Å². The topological polar surface area (TPSA) is 102 Å². The number of amides is 1. The van der Waals surface area contributed by atoms with Gasteiger partial charge in [-0.25, -0.2) is 8.42 Å². The molecule has 0 aliphatic carbocycles. The Balaban J connectivity index is 1.74. The molecule has 1 aliphatic rings. The molecule has 8 nitrogen and oxygen atoms in total. The molecular formula is C22H33N5O3S. The number of nitrogens with zero attached hydrogens (tertiary/aromatic N) is 4. The van der Waals surface area contributed by atoms with Crippen LogP contribution in [0, 0.1) is 18.8 Å². The monoisotopic (exact) mass is 447 g/mol. The van der Waals surface area contributed by atoms with Crippen molar-refractivity contribution in [1.82, 2.24) is 19.0 Å². The second kappa shape index (κ2) is 9.10. The van der Waals surface area contributed by atoms with Crippen LogP contribution in [0.3, 0.4) is 0 Å². The van der Waals surface area contributed by atoms with Crippen molar-refractivity contribution in [2.45, 2.75) is 44.7 Å². The molecular weight excluding hydrogens is 414 g/mol. The Labute approximate surface area is 185 Å². The number of rotatable bonds is 8. The fourth-order valence-electron chi connectivity index (χ4n) is 4.23. The second-order valence-electron chi connectivity index (χ2n) is 9.03. The zero-order valence-corrected chi connectivity index (χ0v) is 19.8. The predicted octanol–water partition coefficient (Wildman–Crippen LogP) is 1.80. The molecule has 31 heavy (non-hydrogen) atoms. The zero-order valence-electron chi connectivity index (χ0n) is 18.9. The quantitative estimate of drug-likeness (QED) is 0.665. The van der Waals surface area contributed by atoms with Crippen LogP contribution in [0.4, 0.5) is 0 Å². The van der Waals surface area contributed by atoms with Gasteiger partial charge in [0.1, 0.15) is 4.90 Å². The molecule has 1 amide bonds. The van der Waals surface area contributed by atoms with Gasteiger partial charge < -0.3 is 10.6 Å². The minimum absolute atomic E-state index is 0.0625. The van der Waals surface area contributed by atoms with E-state index in [2.05, 4.69) is 23.8 Å². The van der Waals surface area contributed by atoms with Gasteiger partial charge in [-0.3, -0.25) is 9.48 Å². The molecule has 0 radical (unpaired) electrons. The van der Waals surface area contributed by atoms with E-state index < -0.39 is 10.0 Å². The van der Waals surface area contributed by atoms with Crippen LogP contribution in [0.25, 0.3) is 0 Å². The summed E-state index contributed by atoms with van der Waals surface area (Å²) in [6, 6.07) is 7.79. The van der Waals surface area contributed by atoms with Crippen molar-refractivity contribution >= 4 is 15.9 Å². The summed E-state index contributed by atoms with van der Waals surface area (Å²) in [5.74, 6) is -0.0470. The molecule has 2 heterocycles. The molecule has 1 aromatic heterocycles. The molecule has 2 atom stereocenters. The predicted molar refractivity (Wildman–Crippen MR) is 120 cm³/mol. The molecule has 1 saturated heterocycles. The van der Waals surface area contributed by atoms with Gasteiger partial charge in [0.15, 0.2) is 0 Å². The van der Waals surface area contributed by atoms with Crippen molar-refractivity contribution in [2.75, 3.05) is 27.2 Å². The molecule has 1 fully saturated rings. The highest BCUT2D eigenvalue weighted by molar-refractivity contribution is 7.89.